The number of rotatable bonds is 5. The third-order valence-corrected chi connectivity index (χ3v) is 3.89. The standard InChI is InChI=1S/C12H18N2O4S/c1-4-12(15)18-19(16,17)14(3)11-7-9(2)5-6-10(11)8-13/h5-7H,4,8,13H2,1-3H3. The van der Waals surface area contributed by atoms with Gasteiger partial charge in [-0.15, -0.1) is 0 Å². The van der Waals surface area contributed by atoms with Gasteiger partial charge in [-0.25, -0.2) is 4.31 Å². The molecule has 2 N–H and O–H groups in total. The van der Waals surface area contributed by atoms with Crippen LogP contribution in [0.5, 0.6) is 0 Å². The summed E-state index contributed by atoms with van der Waals surface area (Å²) in [7, 11) is -2.82. The summed E-state index contributed by atoms with van der Waals surface area (Å²) in [5.74, 6) is -0.797. The Bertz CT molecular complexity index is 569. The first-order valence-electron chi connectivity index (χ1n) is 5.82. The molecule has 0 amide bonds. The summed E-state index contributed by atoms with van der Waals surface area (Å²) in [5.41, 5.74) is 7.53. The van der Waals surface area contributed by atoms with Crippen LogP contribution in [0, 0.1) is 6.92 Å². The van der Waals surface area contributed by atoms with Gasteiger partial charge in [-0.05, 0) is 24.1 Å². The maximum atomic E-state index is 11.9. The molecule has 0 atom stereocenters. The average molecular weight is 286 g/mol. The topological polar surface area (TPSA) is 89.7 Å². The van der Waals surface area contributed by atoms with Crippen LogP contribution in [-0.4, -0.2) is 21.4 Å². The number of carbonyl (C=O) groups is 1. The van der Waals surface area contributed by atoms with Gasteiger partial charge in [0, 0.05) is 20.0 Å². The van der Waals surface area contributed by atoms with Crippen LogP contribution in [0.2, 0.25) is 0 Å². The fraction of sp³-hybridized carbons (Fsp3) is 0.417. The lowest BCUT2D eigenvalue weighted by molar-refractivity contribution is -0.133. The molecule has 1 aromatic carbocycles. The van der Waals surface area contributed by atoms with E-state index in [4.69, 9.17) is 5.73 Å². The number of nitrogens with two attached hydrogens (primary N) is 1. The fourth-order valence-electron chi connectivity index (χ4n) is 1.49. The summed E-state index contributed by atoms with van der Waals surface area (Å²) in [4.78, 5) is 11.1. The van der Waals surface area contributed by atoms with Crippen molar-refractivity contribution in [2.45, 2.75) is 26.8 Å². The molecule has 0 saturated heterocycles. The highest BCUT2D eigenvalue weighted by atomic mass is 32.2. The molecule has 0 saturated carbocycles. The minimum Gasteiger partial charge on any atom is -0.330 e. The number of carbonyl (C=O) groups excluding carboxylic acids is 1. The van der Waals surface area contributed by atoms with Crippen LogP contribution in [0.1, 0.15) is 24.5 Å². The SMILES string of the molecule is CCC(=O)OS(=O)(=O)N(C)c1cc(C)ccc1CN. The highest BCUT2D eigenvalue weighted by Gasteiger charge is 2.24. The first kappa shape index (κ1) is 15.5. The molecule has 0 bridgehead atoms. The van der Waals surface area contributed by atoms with Gasteiger partial charge in [-0.1, -0.05) is 19.1 Å². The van der Waals surface area contributed by atoms with Gasteiger partial charge in [-0.3, -0.25) is 4.79 Å². The molecule has 106 valence electrons. The smallest absolute Gasteiger partial charge is 0.330 e. The Morgan fingerprint density at radius 2 is 2.05 bits per heavy atom. The minimum absolute atomic E-state index is 0.00929. The Balaban J connectivity index is 3.15. The van der Waals surface area contributed by atoms with Crippen LogP contribution in [-0.2, 0) is 25.8 Å². The molecule has 7 heteroatoms. The Morgan fingerprint density at radius 1 is 1.42 bits per heavy atom. The molecule has 0 aliphatic carbocycles. The third-order valence-electron chi connectivity index (χ3n) is 2.62. The van der Waals surface area contributed by atoms with Crippen molar-refractivity contribution in [3.63, 3.8) is 0 Å². The minimum atomic E-state index is -4.15. The van der Waals surface area contributed by atoms with Crippen molar-refractivity contribution < 1.29 is 17.4 Å². The second-order valence-electron chi connectivity index (χ2n) is 4.07. The van der Waals surface area contributed by atoms with Crippen molar-refractivity contribution in [2.75, 3.05) is 11.4 Å². The quantitative estimate of drug-likeness (QED) is 0.875. The Hall–Kier alpha value is -1.60. The van der Waals surface area contributed by atoms with Gasteiger partial charge in [0.25, 0.3) is 0 Å². The summed E-state index contributed by atoms with van der Waals surface area (Å²) in [6.45, 7) is 3.55. The van der Waals surface area contributed by atoms with Crippen LogP contribution in [0.3, 0.4) is 0 Å². The van der Waals surface area contributed by atoms with E-state index in [1.807, 2.05) is 13.0 Å². The Labute approximate surface area is 113 Å². The molecule has 0 spiro atoms. The maximum absolute atomic E-state index is 11.9. The zero-order valence-corrected chi connectivity index (χ0v) is 12.0. The second kappa shape index (κ2) is 6.03. The molecular weight excluding hydrogens is 268 g/mol. The third kappa shape index (κ3) is 3.68. The van der Waals surface area contributed by atoms with E-state index in [-0.39, 0.29) is 13.0 Å². The van der Waals surface area contributed by atoms with Crippen molar-refractivity contribution in [3.8, 4) is 0 Å². The Kier molecular flexibility index (Phi) is 4.90. The normalized spacial score (nSPS) is 11.2. The van der Waals surface area contributed by atoms with Crippen molar-refractivity contribution in [1.82, 2.24) is 0 Å². The van der Waals surface area contributed by atoms with E-state index in [1.54, 1.807) is 12.1 Å². The van der Waals surface area contributed by atoms with Gasteiger partial charge < -0.3 is 9.92 Å². The average Bonchev–Trinajstić information content (AvgIpc) is 2.37. The van der Waals surface area contributed by atoms with E-state index in [9.17, 15) is 13.2 Å². The summed E-state index contributed by atoms with van der Waals surface area (Å²) >= 11 is 0. The first-order valence-corrected chi connectivity index (χ1v) is 7.19. The van der Waals surface area contributed by atoms with Crippen molar-refractivity contribution in [1.29, 1.82) is 0 Å². The van der Waals surface area contributed by atoms with Gasteiger partial charge in [0.15, 0.2) is 0 Å². The van der Waals surface area contributed by atoms with E-state index in [1.165, 1.54) is 14.0 Å². The van der Waals surface area contributed by atoms with E-state index in [0.717, 1.165) is 9.87 Å². The monoisotopic (exact) mass is 286 g/mol. The highest BCUT2D eigenvalue weighted by Crippen LogP contribution is 2.24. The van der Waals surface area contributed by atoms with Crippen LogP contribution in [0.4, 0.5) is 5.69 Å². The van der Waals surface area contributed by atoms with Crippen molar-refractivity contribution in [3.05, 3.63) is 29.3 Å². The van der Waals surface area contributed by atoms with Gasteiger partial charge in [0.1, 0.15) is 0 Å². The summed E-state index contributed by atoms with van der Waals surface area (Å²) in [6.07, 6.45) is -0.00929. The highest BCUT2D eigenvalue weighted by molar-refractivity contribution is 7.88. The second-order valence-corrected chi connectivity index (χ2v) is 5.64. The predicted molar refractivity (Wildman–Crippen MR) is 72.8 cm³/mol. The number of aryl methyl sites for hydroxylation is 1. The van der Waals surface area contributed by atoms with Crippen LogP contribution in [0.15, 0.2) is 18.2 Å². The van der Waals surface area contributed by atoms with Gasteiger partial charge in [0.05, 0.1) is 5.69 Å². The molecule has 0 aliphatic rings. The van der Waals surface area contributed by atoms with E-state index in [0.29, 0.717) is 11.3 Å². The molecule has 0 aliphatic heterocycles. The fourth-order valence-corrected chi connectivity index (χ4v) is 2.37. The van der Waals surface area contributed by atoms with Crippen LogP contribution >= 0.6 is 0 Å². The molecule has 19 heavy (non-hydrogen) atoms. The zero-order valence-electron chi connectivity index (χ0n) is 11.2. The summed E-state index contributed by atoms with van der Waals surface area (Å²) in [5, 5.41) is 0. The number of hydrogen-bond donors (Lipinski definition) is 1. The molecule has 0 unspecified atom stereocenters. The maximum Gasteiger partial charge on any atom is 0.412 e. The van der Waals surface area contributed by atoms with Gasteiger partial charge >= 0.3 is 16.3 Å². The van der Waals surface area contributed by atoms with Crippen LogP contribution in [0.25, 0.3) is 0 Å². The Morgan fingerprint density at radius 3 is 2.58 bits per heavy atom. The summed E-state index contributed by atoms with van der Waals surface area (Å²) in [6, 6.07) is 5.27. The van der Waals surface area contributed by atoms with Gasteiger partial charge in [0.2, 0.25) is 0 Å². The number of benzene rings is 1. The molecular formula is C12H18N2O4S. The van der Waals surface area contributed by atoms with Crippen molar-refractivity contribution >= 4 is 22.0 Å². The summed E-state index contributed by atoms with van der Waals surface area (Å²) < 4.78 is 29.2. The molecule has 0 heterocycles. The lowest BCUT2D eigenvalue weighted by Crippen LogP contribution is -2.31. The van der Waals surface area contributed by atoms with E-state index < -0.39 is 16.3 Å². The lowest BCUT2D eigenvalue weighted by atomic mass is 10.1. The van der Waals surface area contributed by atoms with Crippen molar-refractivity contribution in [2.24, 2.45) is 5.73 Å². The molecule has 0 fully saturated rings. The van der Waals surface area contributed by atoms with E-state index >= 15 is 0 Å². The molecule has 6 nitrogen and oxygen atoms in total. The predicted octanol–water partition coefficient (Wildman–Crippen LogP) is 1.09. The molecule has 1 rings (SSSR count). The number of hydrogen-bond acceptors (Lipinski definition) is 5. The lowest BCUT2D eigenvalue weighted by Gasteiger charge is -2.21. The van der Waals surface area contributed by atoms with Gasteiger partial charge in [-0.2, -0.15) is 8.42 Å². The molecule has 0 aromatic heterocycles. The number of nitrogens with zero attached hydrogens (tertiary/aromatic N) is 1. The largest absolute Gasteiger partial charge is 0.412 e. The van der Waals surface area contributed by atoms with Crippen LogP contribution < -0.4 is 10.0 Å². The number of anilines is 1. The molecule has 0 radical (unpaired) electrons. The first-order chi connectivity index (χ1) is 8.81. The van der Waals surface area contributed by atoms with E-state index in [2.05, 4.69) is 4.18 Å². The zero-order chi connectivity index (χ0) is 14.6. The molecule has 1 aromatic rings.